The Balaban J connectivity index is 2.33. The summed E-state index contributed by atoms with van der Waals surface area (Å²) in [4.78, 5) is 12.6. The van der Waals surface area contributed by atoms with E-state index in [-0.39, 0.29) is 5.78 Å². The summed E-state index contributed by atoms with van der Waals surface area (Å²) in [5.41, 5.74) is 3.93. The third-order valence-electron chi connectivity index (χ3n) is 3.72. The molecule has 2 rings (SSSR count). The zero-order valence-electron chi connectivity index (χ0n) is 12.8. The number of rotatable bonds is 6. The van der Waals surface area contributed by atoms with E-state index in [1.807, 2.05) is 35.9 Å². The highest BCUT2D eigenvalue weighted by molar-refractivity contribution is 9.10. The van der Waals surface area contributed by atoms with Crippen LogP contribution in [-0.2, 0) is 25.8 Å². The van der Waals surface area contributed by atoms with E-state index >= 15 is 0 Å². The van der Waals surface area contributed by atoms with Gasteiger partial charge in [-0.05, 0) is 41.3 Å². The minimum atomic E-state index is 0.158. The fourth-order valence-corrected chi connectivity index (χ4v) is 3.24. The largest absolute Gasteiger partial charge is 0.294 e. The molecular formula is C17H21BrN2O. The summed E-state index contributed by atoms with van der Waals surface area (Å²) in [5.74, 6) is 0.158. The fourth-order valence-electron chi connectivity index (χ4n) is 2.53. The van der Waals surface area contributed by atoms with Crippen LogP contribution in [0.5, 0.6) is 0 Å². The second-order valence-corrected chi connectivity index (χ2v) is 5.78. The van der Waals surface area contributed by atoms with Gasteiger partial charge in [-0.2, -0.15) is 5.10 Å². The molecule has 0 spiro atoms. The van der Waals surface area contributed by atoms with E-state index in [0.717, 1.165) is 46.4 Å². The molecule has 0 saturated carbocycles. The van der Waals surface area contributed by atoms with Crippen molar-refractivity contribution >= 4 is 21.7 Å². The highest BCUT2D eigenvalue weighted by Gasteiger charge is 2.18. The van der Waals surface area contributed by atoms with Crippen LogP contribution in [-0.4, -0.2) is 15.6 Å². The van der Waals surface area contributed by atoms with Crippen LogP contribution < -0.4 is 0 Å². The number of carbonyl (C=O) groups is 1. The summed E-state index contributed by atoms with van der Waals surface area (Å²) >= 11 is 3.60. The Kier molecular flexibility index (Phi) is 5.34. The third-order valence-corrected chi connectivity index (χ3v) is 4.64. The Bertz CT molecular complexity index is 646. The van der Waals surface area contributed by atoms with Crippen molar-refractivity contribution in [3.05, 3.63) is 51.3 Å². The van der Waals surface area contributed by atoms with E-state index in [1.54, 1.807) is 0 Å². The molecule has 3 nitrogen and oxygen atoms in total. The Labute approximate surface area is 134 Å². The van der Waals surface area contributed by atoms with Crippen LogP contribution in [0, 0.1) is 0 Å². The lowest BCUT2D eigenvalue weighted by Gasteiger charge is -2.08. The predicted octanol–water partition coefficient (Wildman–Crippen LogP) is 4.22. The number of benzene rings is 1. The molecule has 2 aromatic rings. The summed E-state index contributed by atoms with van der Waals surface area (Å²) < 4.78 is 2.91. The van der Waals surface area contributed by atoms with Crippen LogP contribution in [0.25, 0.3) is 0 Å². The molecule has 0 aliphatic heterocycles. The Morgan fingerprint density at radius 2 is 1.90 bits per heavy atom. The topological polar surface area (TPSA) is 34.9 Å². The lowest BCUT2D eigenvalue weighted by molar-refractivity contribution is 0.0989. The van der Waals surface area contributed by atoms with Gasteiger partial charge < -0.3 is 0 Å². The number of carbonyl (C=O) groups excluding carboxylic acids is 1. The van der Waals surface area contributed by atoms with Gasteiger partial charge in [-0.25, -0.2) is 0 Å². The third kappa shape index (κ3) is 3.26. The maximum absolute atomic E-state index is 12.6. The number of ketones is 1. The lowest BCUT2D eigenvalue weighted by atomic mass is 9.99. The zero-order valence-corrected chi connectivity index (χ0v) is 14.4. The molecule has 21 heavy (non-hydrogen) atoms. The second-order valence-electron chi connectivity index (χ2n) is 4.99. The molecule has 0 fully saturated rings. The van der Waals surface area contributed by atoms with Crippen molar-refractivity contribution < 1.29 is 4.79 Å². The molecule has 4 heteroatoms. The minimum Gasteiger partial charge on any atom is -0.294 e. The first-order valence-electron chi connectivity index (χ1n) is 7.47. The number of nitrogens with zero attached hydrogens (tertiary/aromatic N) is 2. The number of aryl methyl sites for hydroxylation is 3. The van der Waals surface area contributed by atoms with Crippen molar-refractivity contribution in [1.29, 1.82) is 0 Å². The second kappa shape index (κ2) is 7.03. The maximum atomic E-state index is 12.6. The molecule has 0 atom stereocenters. The standard InChI is InChI=1S/C17H21BrN2O/c1-4-12-9-7-8-10-13(12)16(21)11-15-17(18)14(5-2)19-20(15)6-3/h7-10H,4-6,11H2,1-3H3. The van der Waals surface area contributed by atoms with Gasteiger partial charge in [0.2, 0.25) is 0 Å². The first kappa shape index (κ1) is 16.0. The summed E-state index contributed by atoms with van der Waals surface area (Å²) in [7, 11) is 0. The van der Waals surface area contributed by atoms with E-state index in [9.17, 15) is 4.79 Å². The smallest absolute Gasteiger partial charge is 0.169 e. The van der Waals surface area contributed by atoms with Crippen LogP contribution in [0.2, 0.25) is 0 Å². The number of Topliss-reactive ketones (excluding diaryl/α,β-unsaturated/α-hetero) is 1. The lowest BCUT2D eigenvalue weighted by Crippen LogP contribution is -2.11. The molecule has 0 amide bonds. The molecule has 0 bridgehead atoms. The Hall–Kier alpha value is -1.42. The average Bonchev–Trinajstić information content (AvgIpc) is 2.83. The minimum absolute atomic E-state index is 0.158. The van der Waals surface area contributed by atoms with Crippen molar-refractivity contribution in [1.82, 2.24) is 9.78 Å². The quantitative estimate of drug-likeness (QED) is 0.732. The summed E-state index contributed by atoms with van der Waals surface area (Å²) in [5, 5.41) is 4.55. The van der Waals surface area contributed by atoms with Crippen molar-refractivity contribution in [3.8, 4) is 0 Å². The Morgan fingerprint density at radius 3 is 2.52 bits per heavy atom. The summed E-state index contributed by atoms with van der Waals surface area (Å²) in [6, 6.07) is 7.85. The van der Waals surface area contributed by atoms with Crippen molar-refractivity contribution in [2.75, 3.05) is 0 Å². The van der Waals surface area contributed by atoms with Crippen LogP contribution in [0.1, 0.15) is 48.1 Å². The molecule has 0 saturated heterocycles. The van der Waals surface area contributed by atoms with Crippen molar-refractivity contribution in [3.63, 3.8) is 0 Å². The molecule has 1 heterocycles. The summed E-state index contributed by atoms with van der Waals surface area (Å²) in [6.45, 7) is 6.97. The van der Waals surface area contributed by atoms with Gasteiger partial charge in [0.25, 0.3) is 0 Å². The van der Waals surface area contributed by atoms with Gasteiger partial charge >= 0.3 is 0 Å². The fraction of sp³-hybridized carbons (Fsp3) is 0.412. The number of halogens is 1. The molecular weight excluding hydrogens is 328 g/mol. The van der Waals surface area contributed by atoms with Crippen molar-refractivity contribution in [2.45, 2.75) is 46.6 Å². The van der Waals surface area contributed by atoms with Gasteiger partial charge in [-0.15, -0.1) is 0 Å². The van der Waals surface area contributed by atoms with E-state index in [1.165, 1.54) is 0 Å². The highest BCUT2D eigenvalue weighted by atomic mass is 79.9. The van der Waals surface area contributed by atoms with Gasteiger partial charge in [0.05, 0.1) is 22.3 Å². The molecule has 0 aliphatic rings. The summed E-state index contributed by atoms with van der Waals surface area (Å²) in [6.07, 6.45) is 2.12. The maximum Gasteiger partial charge on any atom is 0.169 e. The first-order chi connectivity index (χ1) is 10.1. The Morgan fingerprint density at radius 1 is 1.19 bits per heavy atom. The SMILES string of the molecule is CCc1ccccc1C(=O)Cc1c(Br)c(CC)nn1CC. The molecule has 0 unspecified atom stereocenters. The van der Waals surface area contributed by atoms with Crippen molar-refractivity contribution in [2.24, 2.45) is 0 Å². The number of aromatic nitrogens is 2. The van der Waals surface area contributed by atoms with Gasteiger partial charge in [-0.1, -0.05) is 38.1 Å². The van der Waals surface area contributed by atoms with Gasteiger partial charge in [0.15, 0.2) is 5.78 Å². The van der Waals surface area contributed by atoms with Gasteiger partial charge in [-0.3, -0.25) is 9.48 Å². The normalized spacial score (nSPS) is 10.9. The van der Waals surface area contributed by atoms with Crippen LogP contribution in [0.3, 0.4) is 0 Å². The van der Waals surface area contributed by atoms with Gasteiger partial charge in [0.1, 0.15) is 0 Å². The molecule has 0 N–H and O–H groups in total. The van der Waals surface area contributed by atoms with E-state index in [2.05, 4.69) is 34.9 Å². The average molecular weight is 349 g/mol. The zero-order chi connectivity index (χ0) is 15.4. The molecule has 1 aromatic carbocycles. The van der Waals surface area contributed by atoms with Crippen LogP contribution >= 0.6 is 15.9 Å². The number of hydrogen-bond donors (Lipinski definition) is 0. The van der Waals surface area contributed by atoms with E-state index in [0.29, 0.717) is 6.42 Å². The monoisotopic (exact) mass is 348 g/mol. The van der Waals surface area contributed by atoms with Gasteiger partial charge in [0, 0.05) is 12.1 Å². The van der Waals surface area contributed by atoms with E-state index < -0.39 is 0 Å². The first-order valence-corrected chi connectivity index (χ1v) is 8.26. The van der Waals surface area contributed by atoms with E-state index in [4.69, 9.17) is 0 Å². The predicted molar refractivity (Wildman–Crippen MR) is 88.8 cm³/mol. The van der Waals surface area contributed by atoms with Crippen LogP contribution in [0.15, 0.2) is 28.7 Å². The molecule has 112 valence electrons. The number of hydrogen-bond acceptors (Lipinski definition) is 2. The molecule has 1 aromatic heterocycles. The molecule has 0 aliphatic carbocycles. The molecule has 0 radical (unpaired) electrons. The van der Waals surface area contributed by atoms with Crippen LogP contribution in [0.4, 0.5) is 0 Å². The highest BCUT2D eigenvalue weighted by Crippen LogP contribution is 2.24.